The van der Waals surface area contributed by atoms with Gasteiger partial charge in [0.2, 0.25) is 0 Å². The van der Waals surface area contributed by atoms with Crippen molar-refractivity contribution < 1.29 is 5.11 Å². The molecule has 0 spiro atoms. The summed E-state index contributed by atoms with van der Waals surface area (Å²) in [7, 11) is 1.95. The van der Waals surface area contributed by atoms with Gasteiger partial charge in [-0.3, -0.25) is 0 Å². The Balaban J connectivity index is 1.81. The van der Waals surface area contributed by atoms with Gasteiger partial charge in [-0.1, -0.05) is 13.8 Å². The van der Waals surface area contributed by atoms with Gasteiger partial charge in [0.1, 0.15) is 11.9 Å². The molecule has 0 aromatic carbocycles. The number of nitrogens with zero attached hydrogens (tertiary/aromatic N) is 3. The quantitative estimate of drug-likeness (QED) is 0.887. The second-order valence-corrected chi connectivity index (χ2v) is 6.20. The van der Waals surface area contributed by atoms with Crippen LogP contribution in [0, 0.1) is 11.8 Å². The Labute approximate surface area is 116 Å². The predicted octanol–water partition coefficient (Wildman–Crippen LogP) is 2.21. The van der Waals surface area contributed by atoms with E-state index in [1.807, 2.05) is 17.8 Å². The molecule has 2 heterocycles. The average molecular weight is 265 g/mol. The molecule has 19 heavy (non-hydrogen) atoms. The molecule has 1 saturated heterocycles. The first-order valence-electron chi connectivity index (χ1n) is 7.45. The van der Waals surface area contributed by atoms with Crippen molar-refractivity contribution in [3.8, 4) is 0 Å². The van der Waals surface area contributed by atoms with Gasteiger partial charge in [0.25, 0.3) is 0 Å². The van der Waals surface area contributed by atoms with Gasteiger partial charge in [0.15, 0.2) is 0 Å². The molecule has 0 radical (unpaired) electrons. The number of aryl methyl sites for hydroxylation is 1. The SMILES string of the molecule is CC(C)CCN1CCC(C(O)c2nccn2C)CC1. The molecule has 2 rings (SSSR count). The van der Waals surface area contributed by atoms with Crippen LogP contribution in [0.1, 0.15) is 45.0 Å². The molecule has 1 N–H and O–H groups in total. The molecule has 4 nitrogen and oxygen atoms in total. The Morgan fingerprint density at radius 1 is 1.37 bits per heavy atom. The summed E-state index contributed by atoms with van der Waals surface area (Å²) in [6.45, 7) is 7.97. The molecule has 1 aliphatic rings. The van der Waals surface area contributed by atoms with E-state index in [4.69, 9.17) is 0 Å². The van der Waals surface area contributed by atoms with Crippen molar-refractivity contribution in [2.24, 2.45) is 18.9 Å². The van der Waals surface area contributed by atoms with Gasteiger partial charge in [-0.25, -0.2) is 4.98 Å². The molecule has 108 valence electrons. The highest BCUT2D eigenvalue weighted by atomic mass is 16.3. The Bertz CT molecular complexity index is 380. The number of hydrogen-bond donors (Lipinski definition) is 1. The maximum atomic E-state index is 10.4. The third kappa shape index (κ3) is 3.80. The van der Waals surface area contributed by atoms with Crippen LogP contribution >= 0.6 is 0 Å². The molecule has 1 unspecified atom stereocenters. The van der Waals surface area contributed by atoms with Crippen LogP contribution in [-0.4, -0.2) is 39.2 Å². The average Bonchev–Trinajstić information content (AvgIpc) is 2.82. The van der Waals surface area contributed by atoms with Crippen LogP contribution in [0.25, 0.3) is 0 Å². The summed E-state index contributed by atoms with van der Waals surface area (Å²) in [4.78, 5) is 6.80. The van der Waals surface area contributed by atoms with Gasteiger partial charge in [-0.05, 0) is 50.7 Å². The standard InChI is InChI=1S/C15H27N3O/c1-12(2)4-8-18-9-5-13(6-10-18)14(19)15-16-7-11-17(15)3/h7,11-14,19H,4-6,8-10H2,1-3H3. The van der Waals surface area contributed by atoms with E-state index in [9.17, 15) is 5.11 Å². The molecule has 1 aromatic heterocycles. The lowest BCUT2D eigenvalue weighted by Gasteiger charge is -2.34. The van der Waals surface area contributed by atoms with Gasteiger partial charge in [-0.2, -0.15) is 0 Å². The molecular weight excluding hydrogens is 238 g/mol. The van der Waals surface area contributed by atoms with Gasteiger partial charge in [0.05, 0.1) is 0 Å². The molecule has 1 aliphatic heterocycles. The van der Waals surface area contributed by atoms with Gasteiger partial charge in [0, 0.05) is 19.4 Å². The third-order valence-electron chi connectivity index (χ3n) is 4.22. The molecule has 1 fully saturated rings. The summed E-state index contributed by atoms with van der Waals surface area (Å²) in [6.07, 6.45) is 6.67. The van der Waals surface area contributed by atoms with E-state index in [1.165, 1.54) is 13.0 Å². The fourth-order valence-corrected chi connectivity index (χ4v) is 2.81. The summed E-state index contributed by atoms with van der Waals surface area (Å²) < 4.78 is 1.93. The zero-order valence-electron chi connectivity index (χ0n) is 12.4. The smallest absolute Gasteiger partial charge is 0.137 e. The maximum Gasteiger partial charge on any atom is 0.137 e. The van der Waals surface area contributed by atoms with E-state index < -0.39 is 6.10 Å². The Morgan fingerprint density at radius 2 is 2.05 bits per heavy atom. The number of likely N-dealkylation sites (tertiary alicyclic amines) is 1. The molecule has 0 bridgehead atoms. The Morgan fingerprint density at radius 3 is 2.58 bits per heavy atom. The van der Waals surface area contributed by atoms with Crippen molar-refractivity contribution in [1.82, 2.24) is 14.5 Å². The highest BCUT2D eigenvalue weighted by Gasteiger charge is 2.28. The van der Waals surface area contributed by atoms with Crippen molar-refractivity contribution in [2.75, 3.05) is 19.6 Å². The van der Waals surface area contributed by atoms with E-state index >= 15 is 0 Å². The lowest BCUT2D eigenvalue weighted by Crippen LogP contribution is -2.37. The minimum atomic E-state index is -0.410. The summed E-state index contributed by atoms with van der Waals surface area (Å²) in [5.41, 5.74) is 0. The minimum Gasteiger partial charge on any atom is -0.385 e. The van der Waals surface area contributed by atoms with Crippen molar-refractivity contribution in [3.63, 3.8) is 0 Å². The topological polar surface area (TPSA) is 41.3 Å². The Hall–Kier alpha value is -0.870. The lowest BCUT2D eigenvalue weighted by atomic mass is 9.90. The van der Waals surface area contributed by atoms with Crippen LogP contribution in [0.4, 0.5) is 0 Å². The van der Waals surface area contributed by atoms with E-state index in [0.29, 0.717) is 5.92 Å². The van der Waals surface area contributed by atoms with Crippen LogP contribution in [-0.2, 0) is 7.05 Å². The maximum absolute atomic E-state index is 10.4. The summed E-state index contributed by atoms with van der Waals surface area (Å²) in [5.74, 6) is 1.94. The molecule has 1 atom stereocenters. The van der Waals surface area contributed by atoms with Crippen molar-refractivity contribution in [3.05, 3.63) is 18.2 Å². The number of imidazole rings is 1. The number of aliphatic hydroxyl groups is 1. The number of aromatic nitrogens is 2. The first-order valence-corrected chi connectivity index (χ1v) is 7.45. The molecule has 0 amide bonds. The second-order valence-electron chi connectivity index (χ2n) is 6.20. The van der Waals surface area contributed by atoms with E-state index in [0.717, 1.165) is 37.7 Å². The fourth-order valence-electron chi connectivity index (χ4n) is 2.81. The highest BCUT2D eigenvalue weighted by Crippen LogP contribution is 2.29. The third-order valence-corrected chi connectivity index (χ3v) is 4.22. The van der Waals surface area contributed by atoms with Gasteiger partial charge >= 0.3 is 0 Å². The first-order chi connectivity index (χ1) is 9.08. The Kier molecular flexibility index (Phi) is 4.99. The molecule has 0 saturated carbocycles. The zero-order chi connectivity index (χ0) is 13.8. The van der Waals surface area contributed by atoms with Crippen LogP contribution in [0.2, 0.25) is 0 Å². The summed E-state index contributed by atoms with van der Waals surface area (Å²) in [6, 6.07) is 0. The molecular formula is C15H27N3O. The predicted molar refractivity (Wildman–Crippen MR) is 76.8 cm³/mol. The normalized spacial score (nSPS) is 20.1. The summed E-state index contributed by atoms with van der Waals surface area (Å²) in [5, 5.41) is 10.4. The van der Waals surface area contributed by atoms with Gasteiger partial charge in [-0.15, -0.1) is 0 Å². The molecule has 1 aromatic rings. The van der Waals surface area contributed by atoms with Crippen LogP contribution in [0.5, 0.6) is 0 Å². The number of rotatable bonds is 5. The van der Waals surface area contributed by atoms with Crippen LogP contribution in [0.3, 0.4) is 0 Å². The second kappa shape index (κ2) is 6.53. The fraction of sp³-hybridized carbons (Fsp3) is 0.800. The van der Waals surface area contributed by atoms with Crippen LogP contribution < -0.4 is 0 Å². The van der Waals surface area contributed by atoms with Crippen LogP contribution in [0.15, 0.2) is 12.4 Å². The van der Waals surface area contributed by atoms with Gasteiger partial charge < -0.3 is 14.6 Å². The first kappa shape index (κ1) is 14.5. The largest absolute Gasteiger partial charge is 0.385 e. The zero-order valence-corrected chi connectivity index (χ0v) is 12.4. The van der Waals surface area contributed by atoms with Crippen molar-refractivity contribution in [2.45, 2.75) is 39.2 Å². The van der Waals surface area contributed by atoms with E-state index in [1.54, 1.807) is 6.20 Å². The van der Waals surface area contributed by atoms with Crippen molar-refractivity contribution >= 4 is 0 Å². The minimum absolute atomic E-state index is 0.358. The molecule has 0 aliphatic carbocycles. The van der Waals surface area contributed by atoms with Crippen molar-refractivity contribution in [1.29, 1.82) is 0 Å². The monoisotopic (exact) mass is 265 g/mol. The lowest BCUT2D eigenvalue weighted by molar-refractivity contribution is 0.0501. The number of piperidine rings is 1. The van der Waals surface area contributed by atoms with E-state index in [2.05, 4.69) is 23.7 Å². The summed E-state index contributed by atoms with van der Waals surface area (Å²) >= 11 is 0. The highest BCUT2D eigenvalue weighted by molar-refractivity contribution is 4.98. The number of hydrogen-bond acceptors (Lipinski definition) is 3. The van der Waals surface area contributed by atoms with E-state index in [-0.39, 0.29) is 0 Å². The molecule has 4 heteroatoms. The number of aliphatic hydroxyl groups excluding tert-OH is 1.